The van der Waals surface area contributed by atoms with E-state index in [-0.39, 0.29) is 30.9 Å². The van der Waals surface area contributed by atoms with E-state index in [2.05, 4.69) is 15.3 Å². The van der Waals surface area contributed by atoms with Crippen molar-refractivity contribution in [2.45, 2.75) is 55.7 Å². The second kappa shape index (κ2) is 8.65. The largest absolute Gasteiger partial charge is 0.344 e. The first-order chi connectivity index (χ1) is 14.0. The first kappa shape index (κ1) is 20.7. The molecule has 0 radical (unpaired) electrons. The van der Waals surface area contributed by atoms with E-state index >= 15 is 0 Å². The monoisotopic (exact) mass is 424 g/mol. The molecular formula is C20H26F2N4O2S. The fourth-order valence-electron chi connectivity index (χ4n) is 4.05. The topological polar surface area (TPSA) is 89.1 Å². The molecule has 1 amide bonds. The van der Waals surface area contributed by atoms with Gasteiger partial charge in [0.2, 0.25) is 11.8 Å². The van der Waals surface area contributed by atoms with Crippen LogP contribution in [0.15, 0.2) is 33.7 Å². The number of carbonyl (C=O) groups is 1. The highest BCUT2D eigenvalue weighted by Gasteiger charge is 2.37. The van der Waals surface area contributed by atoms with Crippen LogP contribution < -0.4 is 11.1 Å². The minimum Gasteiger partial charge on any atom is -0.344 e. The Hall–Kier alpha value is -1.58. The van der Waals surface area contributed by atoms with Crippen LogP contribution in [0.1, 0.15) is 38.5 Å². The van der Waals surface area contributed by atoms with Crippen LogP contribution in [-0.2, 0) is 9.53 Å². The summed E-state index contributed by atoms with van der Waals surface area (Å²) in [5.41, 5.74) is 6.34. The van der Waals surface area contributed by atoms with Crippen molar-refractivity contribution in [2.24, 2.45) is 21.6 Å². The van der Waals surface area contributed by atoms with Crippen molar-refractivity contribution < 1.29 is 18.3 Å². The van der Waals surface area contributed by atoms with Crippen molar-refractivity contribution in [3.8, 4) is 0 Å². The molecule has 0 aromatic carbocycles. The van der Waals surface area contributed by atoms with Crippen LogP contribution in [0.4, 0.5) is 8.78 Å². The van der Waals surface area contributed by atoms with Gasteiger partial charge in [0.05, 0.1) is 36.4 Å². The number of halogens is 2. The zero-order chi connectivity index (χ0) is 20.4. The summed E-state index contributed by atoms with van der Waals surface area (Å²) >= 11 is 1.54. The lowest BCUT2D eigenvalue weighted by Crippen LogP contribution is -2.44. The average Bonchev–Trinajstić information content (AvgIpc) is 3.20. The van der Waals surface area contributed by atoms with Crippen LogP contribution in [0.3, 0.4) is 0 Å². The molecule has 3 N–H and O–H groups in total. The van der Waals surface area contributed by atoms with Gasteiger partial charge < -0.3 is 15.8 Å². The van der Waals surface area contributed by atoms with E-state index in [1.165, 1.54) is 6.08 Å². The molecule has 0 spiro atoms. The maximum atomic E-state index is 14.5. The number of thioether (sulfide) groups is 1. The van der Waals surface area contributed by atoms with Crippen molar-refractivity contribution >= 4 is 29.2 Å². The highest BCUT2D eigenvalue weighted by molar-refractivity contribution is 8.00. The standard InChI is InChI=1S/C20H26F2N4O2S/c21-15-7-13(24-12-3-1-2-4-12)8-16-18(15)19(27)26-17(25-16)10-29-14-5-6-20(22,11-23)28-9-14/h7-8,12,14,18H,1-6,9-11,23H2,(H,25,26,27)/t14-,18?,20+/m0/s1. The molecule has 0 aromatic rings. The van der Waals surface area contributed by atoms with Gasteiger partial charge >= 0.3 is 0 Å². The van der Waals surface area contributed by atoms with E-state index < -0.39 is 23.5 Å². The molecule has 4 aliphatic rings. The number of amidine groups is 1. The summed E-state index contributed by atoms with van der Waals surface area (Å²) in [7, 11) is 0. The number of alkyl halides is 1. The lowest BCUT2D eigenvalue weighted by molar-refractivity contribution is -0.160. The molecule has 158 valence electrons. The van der Waals surface area contributed by atoms with Gasteiger partial charge in [-0.1, -0.05) is 12.8 Å². The lowest BCUT2D eigenvalue weighted by Gasteiger charge is -2.33. The summed E-state index contributed by atoms with van der Waals surface area (Å²) in [4.78, 5) is 21.5. The molecule has 0 aromatic heterocycles. The fraction of sp³-hybridized carbons (Fsp3) is 0.650. The van der Waals surface area contributed by atoms with E-state index in [0.717, 1.165) is 25.7 Å². The van der Waals surface area contributed by atoms with Crippen LogP contribution in [0.25, 0.3) is 0 Å². The number of carbonyl (C=O) groups excluding carboxylic acids is 1. The Bertz CT molecular complexity index is 781. The van der Waals surface area contributed by atoms with Crippen molar-refractivity contribution in [3.63, 3.8) is 0 Å². The third-order valence-electron chi connectivity index (χ3n) is 5.73. The lowest BCUT2D eigenvalue weighted by atomic mass is 9.94. The van der Waals surface area contributed by atoms with E-state index in [4.69, 9.17) is 10.5 Å². The smallest absolute Gasteiger partial charge is 0.241 e. The quantitative estimate of drug-likeness (QED) is 0.710. The molecule has 4 rings (SSSR count). The molecule has 1 unspecified atom stereocenters. The van der Waals surface area contributed by atoms with Gasteiger partial charge in [-0.25, -0.2) is 13.8 Å². The van der Waals surface area contributed by atoms with E-state index in [9.17, 15) is 13.6 Å². The van der Waals surface area contributed by atoms with Gasteiger partial charge in [-0.3, -0.25) is 9.79 Å². The number of nitrogens with zero attached hydrogens (tertiary/aromatic N) is 2. The molecule has 3 atom stereocenters. The summed E-state index contributed by atoms with van der Waals surface area (Å²) in [6.07, 6.45) is 8.29. The minimum atomic E-state index is -1.73. The molecule has 2 fully saturated rings. The molecule has 1 saturated carbocycles. The van der Waals surface area contributed by atoms with Gasteiger partial charge in [-0.15, -0.1) is 11.8 Å². The third kappa shape index (κ3) is 4.78. The average molecular weight is 425 g/mol. The van der Waals surface area contributed by atoms with Crippen LogP contribution in [0.2, 0.25) is 0 Å². The summed E-state index contributed by atoms with van der Waals surface area (Å²) in [5, 5.41) is 2.79. The van der Waals surface area contributed by atoms with E-state index in [1.54, 1.807) is 17.8 Å². The molecule has 2 aliphatic heterocycles. The van der Waals surface area contributed by atoms with Crippen LogP contribution in [0, 0.1) is 5.92 Å². The van der Waals surface area contributed by atoms with Gasteiger partial charge in [0.15, 0.2) is 0 Å². The Kier molecular flexibility index (Phi) is 6.17. The molecular weight excluding hydrogens is 398 g/mol. The second-order valence-corrected chi connectivity index (χ2v) is 9.23. The number of nitrogens with two attached hydrogens (primary N) is 1. The Morgan fingerprint density at radius 1 is 1.34 bits per heavy atom. The molecule has 29 heavy (non-hydrogen) atoms. The van der Waals surface area contributed by atoms with Crippen LogP contribution in [-0.4, -0.2) is 53.5 Å². The molecule has 9 heteroatoms. The maximum Gasteiger partial charge on any atom is 0.241 e. The maximum absolute atomic E-state index is 14.5. The first-order valence-electron chi connectivity index (χ1n) is 10.2. The van der Waals surface area contributed by atoms with Gasteiger partial charge in [0.1, 0.15) is 17.6 Å². The normalized spacial score (nSPS) is 34.4. The van der Waals surface area contributed by atoms with Gasteiger partial charge in [-0.2, -0.15) is 0 Å². The minimum absolute atomic E-state index is 0.0965. The van der Waals surface area contributed by atoms with Crippen molar-refractivity contribution in [2.75, 3.05) is 18.9 Å². The predicted octanol–water partition coefficient (Wildman–Crippen LogP) is 2.80. The third-order valence-corrected chi connectivity index (χ3v) is 7.01. The highest BCUT2D eigenvalue weighted by atomic mass is 32.2. The molecule has 2 heterocycles. The van der Waals surface area contributed by atoms with Crippen molar-refractivity contribution in [1.82, 2.24) is 5.32 Å². The predicted molar refractivity (Wildman–Crippen MR) is 110 cm³/mol. The van der Waals surface area contributed by atoms with E-state index in [1.807, 2.05) is 0 Å². The summed E-state index contributed by atoms with van der Waals surface area (Å²) in [6, 6.07) is 0.223. The van der Waals surface area contributed by atoms with Crippen molar-refractivity contribution in [1.29, 1.82) is 0 Å². The van der Waals surface area contributed by atoms with Gasteiger partial charge in [0, 0.05) is 11.7 Å². The first-order valence-corrected chi connectivity index (χ1v) is 11.2. The molecule has 2 aliphatic carbocycles. The zero-order valence-corrected chi connectivity index (χ0v) is 17.0. The number of nitrogens with one attached hydrogen (secondary N) is 1. The van der Waals surface area contributed by atoms with E-state index in [0.29, 0.717) is 29.4 Å². The molecule has 0 bridgehead atoms. The fourth-order valence-corrected chi connectivity index (χ4v) is 5.03. The number of amides is 1. The van der Waals surface area contributed by atoms with Crippen LogP contribution in [0.5, 0.6) is 0 Å². The molecule has 1 saturated heterocycles. The number of rotatable bonds is 5. The van der Waals surface area contributed by atoms with Crippen molar-refractivity contribution in [3.05, 3.63) is 23.7 Å². The highest BCUT2D eigenvalue weighted by Crippen LogP contribution is 2.33. The Morgan fingerprint density at radius 2 is 2.14 bits per heavy atom. The number of hydrogen-bond donors (Lipinski definition) is 2. The van der Waals surface area contributed by atoms with Gasteiger partial charge in [-0.05, 0) is 31.4 Å². The number of fused-ring (bicyclic) bond motifs is 1. The SMILES string of the molecule is NC[C@@]1(F)CC[C@H](SCC2=NC3=CC(=NC4CCCC4)C=C(F)C3C(=O)N2)CO1. The number of allylic oxidation sites excluding steroid dienone is 2. The Balaban J connectivity index is 1.42. The molecule has 6 nitrogen and oxygen atoms in total. The summed E-state index contributed by atoms with van der Waals surface area (Å²) in [6.45, 7) is 0.118. The number of hydrogen-bond acceptors (Lipinski definition) is 6. The summed E-state index contributed by atoms with van der Waals surface area (Å²) < 4.78 is 33.8. The van der Waals surface area contributed by atoms with Gasteiger partial charge in [0.25, 0.3) is 0 Å². The Morgan fingerprint density at radius 3 is 2.83 bits per heavy atom. The number of ether oxygens (including phenoxy) is 1. The Labute approximate surface area is 173 Å². The number of aliphatic imine (C=N–C) groups is 2. The zero-order valence-electron chi connectivity index (χ0n) is 16.2. The van der Waals surface area contributed by atoms with Crippen LogP contribution >= 0.6 is 11.8 Å². The second-order valence-electron chi connectivity index (χ2n) is 7.94. The summed E-state index contributed by atoms with van der Waals surface area (Å²) in [5.74, 6) is -2.75.